The quantitative estimate of drug-likeness (QED) is 0.423. The Labute approximate surface area is 208 Å². The highest BCUT2D eigenvalue weighted by Crippen LogP contribution is 2.38. The molecule has 0 spiro atoms. The van der Waals surface area contributed by atoms with Gasteiger partial charge in [-0.05, 0) is 69.3 Å². The van der Waals surface area contributed by atoms with E-state index in [1.807, 2.05) is 42.1 Å². The zero-order valence-corrected chi connectivity index (χ0v) is 21.5. The van der Waals surface area contributed by atoms with Gasteiger partial charge in [-0.1, -0.05) is 43.6 Å². The molecule has 2 fully saturated rings. The fourth-order valence-corrected chi connectivity index (χ4v) is 4.98. The SMILES string of the molecule is CC(C)CC[C@]1(C2CCN(C(=O)/C=C/c3ccccc3Cl)CC2)NC(=O)N(CCN(C)C)C1=O. The standard InChI is InChI=1S/C26H37ClN4O3/c1-19(2)11-14-26(24(33)31(25(34)28-26)18-17-29(3)4)21-12-15-30(16-13-21)23(32)10-9-20-7-5-6-8-22(20)27/h5-10,19,21H,11-18H2,1-4H3,(H,28,34)/b10-9+/t26-/m1/s1. The van der Waals surface area contributed by atoms with Crippen LogP contribution in [-0.2, 0) is 9.59 Å². The maximum atomic E-state index is 13.6. The van der Waals surface area contributed by atoms with Gasteiger partial charge in [0.2, 0.25) is 5.91 Å². The maximum Gasteiger partial charge on any atom is 0.325 e. The first-order valence-electron chi connectivity index (χ1n) is 12.1. The van der Waals surface area contributed by atoms with Crippen LogP contribution in [0.4, 0.5) is 4.79 Å². The first kappa shape index (κ1) is 26.2. The highest BCUT2D eigenvalue weighted by atomic mass is 35.5. The van der Waals surface area contributed by atoms with E-state index in [4.69, 9.17) is 11.6 Å². The van der Waals surface area contributed by atoms with E-state index in [-0.39, 0.29) is 23.8 Å². The number of rotatable bonds is 9. The molecule has 0 unspecified atom stereocenters. The topological polar surface area (TPSA) is 73.0 Å². The first-order chi connectivity index (χ1) is 16.1. The molecule has 4 amide bonds. The number of carbonyl (C=O) groups is 3. The molecule has 8 heteroatoms. The third kappa shape index (κ3) is 5.99. The van der Waals surface area contributed by atoms with E-state index >= 15 is 0 Å². The molecule has 186 valence electrons. The lowest BCUT2D eigenvalue weighted by Crippen LogP contribution is -2.56. The van der Waals surface area contributed by atoms with Crippen molar-refractivity contribution < 1.29 is 14.4 Å². The van der Waals surface area contributed by atoms with E-state index in [0.29, 0.717) is 56.4 Å². The number of likely N-dealkylation sites (tertiary alicyclic amines) is 1. The van der Waals surface area contributed by atoms with E-state index < -0.39 is 5.54 Å². The van der Waals surface area contributed by atoms with Crippen molar-refractivity contribution in [2.24, 2.45) is 11.8 Å². The minimum atomic E-state index is -0.879. The van der Waals surface area contributed by atoms with E-state index in [1.165, 1.54) is 4.90 Å². The molecular formula is C26H37ClN4O3. The largest absolute Gasteiger partial charge is 0.339 e. The highest BCUT2D eigenvalue weighted by molar-refractivity contribution is 6.32. The Bertz CT molecular complexity index is 924. The number of piperidine rings is 1. The van der Waals surface area contributed by atoms with Gasteiger partial charge in [0.25, 0.3) is 5.91 Å². The fraction of sp³-hybridized carbons (Fsp3) is 0.577. The third-order valence-corrected chi connectivity index (χ3v) is 7.25. The van der Waals surface area contributed by atoms with Crippen molar-refractivity contribution >= 4 is 35.5 Å². The Morgan fingerprint density at radius 1 is 1.24 bits per heavy atom. The number of nitrogens with zero attached hydrogens (tertiary/aromatic N) is 3. The summed E-state index contributed by atoms with van der Waals surface area (Å²) in [6.45, 7) is 6.38. The summed E-state index contributed by atoms with van der Waals surface area (Å²) in [6.07, 6.45) is 6.13. The second-order valence-electron chi connectivity index (χ2n) is 10.0. The van der Waals surface area contributed by atoms with E-state index in [9.17, 15) is 14.4 Å². The average molecular weight is 489 g/mol. The number of hydrogen-bond acceptors (Lipinski definition) is 4. The molecule has 2 heterocycles. The molecule has 7 nitrogen and oxygen atoms in total. The Hall–Kier alpha value is -2.38. The van der Waals surface area contributed by atoms with Crippen LogP contribution in [0.5, 0.6) is 0 Å². The molecule has 2 aliphatic rings. The van der Waals surface area contributed by atoms with Crippen molar-refractivity contribution in [2.45, 2.75) is 45.1 Å². The van der Waals surface area contributed by atoms with Crippen molar-refractivity contribution in [3.8, 4) is 0 Å². The Kier molecular flexibility index (Phi) is 8.77. The zero-order chi connectivity index (χ0) is 24.9. The molecule has 0 saturated carbocycles. The number of benzene rings is 1. The van der Waals surface area contributed by atoms with E-state index in [0.717, 1.165) is 12.0 Å². The van der Waals surface area contributed by atoms with Crippen LogP contribution >= 0.6 is 11.6 Å². The summed E-state index contributed by atoms with van der Waals surface area (Å²) in [5.41, 5.74) is -0.0759. The number of carbonyl (C=O) groups excluding carboxylic acids is 3. The lowest BCUT2D eigenvalue weighted by molar-refractivity contribution is -0.135. The van der Waals surface area contributed by atoms with Gasteiger partial charge < -0.3 is 15.1 Å². The van der Waals surface area contributed by atoms with Crippen LogP contribution in [0, 0.1) is 11.8 Å². The molecular weight excluding hydrogens is 452 g/mol. The molecule has 0 aliphatic carbocycles. The monoisotopic (exact) mass is 488 g/mol. The Morgan fingerprint density at radius 2 is 1.91 bits per heavy atom. The van der Waals surface area contributed by atoms with Gasteiger partial charge in [-0.15, -0.1) is 0 Å². The number of likely N-dealkylation sites (N-methyl/N-ethyl adjacent to an activating group) is 1. The lowest BCUT2D eigenvalue weighted by Gasteiger charge is -2.41. The van der Waals surface area contributed by atoms with Crippen molar-refractivity contribution in [3.05, 3.63) is 40.9 Å². The molecule has 0 aromatic heterocycles. The van der Waals surface area contributed by atoms with Gasteiger partial charge >= 0.3 is 6.03 Å². The predicted molar refractivity (Wildman–Crippen MR) is 135 cm³/mol. The van der Waals surface area contributed by atoms with Gasteiger partial charge in [0, 0.05) is 37.3 Å². The molecule has 3 rings (SSSR count). The maximum absolute atomic E-state index is 13.6. The van der Waals surface area contributed by atoms with Crippen LogP contribution in [0.3, 0.4) is 0 Å². The van der Waals surface area contributed by atoms with Gasteiger partial charge in [0.1, 0.15) is 5.54 Å². The molecule has 1 aromatic rings. The number of urea groups is 1. The van der Waals surface area contributed by atoms with Crippen LogP contribution in [0.1, 0.15) is 45.1 Å². The van der Waals surface area contributed by atoms with Crippen LogP contribution < -0.4 is 5.32 Å². The van der Waals surface area contributed by atoms with Crippen molar-refractivity contribution in [2.75, 3.05) is 40.3 Å². The van der Waals surface area contributed by atoms with Crippen molar-refractivity contribution in [3.63, 3.8) is 0 Å². The van der Waals surface area contributed by atoms with Gasteiger partial charge in [0.05, 0.1) is 0 Å². The summed E-state index contributed by atoms with van der Waals surface area (Å²) in [6, 6.07) is 7.10. The summed E-state index contributed by atoms with van der Waals surface area (Å²) in [5.74, 6) is 0.255. The van der Waals surface area contributed by atoms with Crippen LogP contribution in [0.15, 0.2) is 30.3 Å². The second-order valence-corrected chi connectivity index (χ2v) is 10.5. The van der Waals surface area contributed by atoms with Gasteiger partial charge in [-0.2, -0.15) is 0 Å². The van der Waals surface area contributed by atoms with Crippen LogP contribution in [0.2, 0.25) is 5.02 Å². The van der Waals surface area contributed by atoms with Crippen LogP contribution in [0.25, 0.3) is 6.08 Å². The first-order valence-corrected chi connectivity index (χ1v) is 12.5. The summed E-state index contributed by atoms with van der Waals surface area (Å²) in [7, 11) is 3.86. The minimum Gasteiger partial charge on any atom is -0.339 e. The summed E-state index contributed by atoms with van der Waals surface area (Å²) < 4.78 is 0. The Balaban J connectivity index is 1.69. The van der Waals surface area contributed by atoms with Gasteiger partial charge in [0.15, 0.2) is 0 Å². The summed E-state index contributed by atoms with van der Waals surface area (Å²) in [5, 5.41) is 3.70. The Morgan fingerprint density at radius 3 is 2.53 bits per heavy atom. The molecule has 34 heavy (non-hydrogen) atoms. The van der Waals surface area contributed by atoms with E-state index in [2.05, 4.69) is 19.2 Å². The second kappa shape index (κ2) is 11.4. The predicted octanol–water partition coefficient (Wildman–Crippen LogP) is 3.88. The summed E-state index contributed by atoms with van der Waals surface area (Å²) in [4.78, 5) is 44.3. The molecule has 2 saturated heterocycles. The number of amides is 4. The smallest absolute Gasteiger partial charge is 0.325 e. The summed E-state index contributed by atoms with van der Waals surface area (Å²) >= 11 is 6.18. The van der Waals surface area contributed by atoms with Crippen LogP contribution in [-0.4, -0.2) is 78.4 Å². The lowest BCUT2D eigenvalue weighted by atomic mass is 9.74. The molecule has 1 N–H and O–H groups in total. The zero-order valence-electron chi connectivity index (χ0n) is 20.7. The molecule has 0 bridgehead atoms. The number of nitrogens with one attached hydrogen (secondary N) is 1. The number of imide groups is 1. The third-order valence-electron chi connectivity index (χ3n) is 6.90. The molecule has 2 aliphatic heterocycles. The van der Waals surface area contributed by atoms with Crippen molar-refractivity contribution in [1.29, 1.82) is 0 Å². The fourth-order valence-electron chi connectivity index (χ4n) is 4.78. The number of halogens is 1. The normalized spacial score (nSPS) is 21.9. The van der Waals surface area contributed by atoms with Crippen molar-refractivity contribution in [1.82, 2.24) is 20.0 Å². The van der Waals surface area contributed by atoms with Gasteiger partial charge in [-0.3, -0.25) is 14.5 Å². The highest BCUT2D eigenvalue weighted by Gasteiger charge is 2.55. The van der Waals surface area contributed by atoms with E-state index in [1.54, 1.807) is 18.2 Å². The number of hydrogen-bond donors (Lipinski definition) is 1. The van der Waals surface area contributed by atoms with Gasteiger partial charge in [-0.25, -0.2) is 4.79 Å². The molecule has 1 aromatic carbocycles. The average Bonchev–Trinajstić information content (AvgIpc) is 3.05. The molecule has 1 atom stereocenters. The minimum absolute atomic E-state index is 0.00338. The molecule has 0 radical (unpaired) electrons.